The molecule has 20 heavy (non-hydrogen) atoms. The van der Waals surface area contributed by atoms with Crippen LogP contribution in [-0.2, 0) is 6.61 Å². The Balaban J connectivity index is 2.30. The number of nitrogens with one attached hydrogen (secondary N) is 1. The molecule has 0 saturated heterocycles. The maximum Gasteiger partial charge on any atom is 0.124 e. The van der Waals surface area contributed by atoms with Crippen LogP contribution in [-0.4, -0.2) is 23.8 Å². The zero-order valence-electron chi connectivity index (χ0n) is 12.4. The third-order valence-corrected chi connectivity index (χ3v) is 3.29. The minimum absolute atomic E-state index is 0.0108. The van der Waals surface area contributed by atoms with E-state index >= 15 is 0 Å². The van der Waals surface area contributed by atoms with Gasteiger partial charge in [0.2, 0.25) is 0 Å². The van der Waals surface area contributed by atoms with Gasteiger partial charge in [0.15, 0.2) is 0 Å². The van der Waals surface area contributed by atoms with E-state index in [0.29, 0.717) is 6.61 Å². The Morgan fingerprint density at radius 3 is 2.75 bits per heavy atom. The van der Waals surface area contributed by atoms with Crippen LogP contribution in [0.15, 0.2) is 24.3 Å². The summed E-state index contributed by atoms with van der Waals surface area (Å²) in [6, 6.07) is 9.82. The van der Waals surface area contributed by atoms with Crippen molar-refractivity contribution in [3.63, 3.8) is 0 Å². The summed E-state index contributed by atoms with van der Waals surface area (Å²) < 4.78 is 5.67. The Morgan fingerprint density at radius 2 is 2.10 bits per heavy atom. The van der Waals surface area contributed by atoms with Crippen LogP contribution in [0.1, 0.15) is 38.7 Å². The molecule has 1 unspecified atom stereocenters. The fourth-order valence-electron chi connectivity index (χ4n) is 2.11. The standard InChI is InChI=1S/C16H24N2O2/c1-3-18-16(2,13-17)10-6-7-11-20-15-9-5-4-8-14(15)12-19/h4-5,8-9,18-19H,3,6-7,10-12H2,1-2H3. The van der Waals surface area contributed by atoms with Crippen LogP contribution in [0.3, 0.4) is 0 Å². The Bertz CT molecular complexity index is 442. The van der Waals surface area contributed by atoms with Crippen LogP contribution >= 0.6 is 0 Å². The van der Waals surface area contributed by atoms with Gasteiger partial charge in [-0.1, -0.05) is 25.1 Å². The molecule has 0 aliphatic carbocycles. The molecule has 0 heterocycles. The lowest BCUT2D eigenvalue weighted by Crippen LogP contribution is -2.40. The quantitative estimate of drug-likeness (QED) is 0.680. The van der Waals surface area contributed by atoms with E-state index in [9.17, 15) is 5.11 Å². The second kappa shape index (κ2) is 8.57. The number of nitrogens with zero attached hydrogens (tertiary/aromatic N) is 1. The second-order valence-corrected chi connectivity index (χ2v) is 5.05. The summed E-state index contributed by atoms with van der Waals surface area (Å²) in [5.41, 5.74) is 0.361. The molecule has 0 radical (unpaired) electrons. The van der Waals surface area contributed by atoms with Gasteiger partial charge in [0.25, 0.3) is 0 Å². The molecule has 2 N–H and O–H groups in total. The highest BCUT2D eigenvalue weighted by molar-refractivity contribution is 5.32. The van der Waals surface area contributed by atoms with Gasteiger partial charge in [-0.25, -0.2) is 0 Å². The van der Waals surface area contributed by atoms with Crippen LogP contribution in [0, 0.1) is 11.3 Å². The smallest absolute Gasteiger partial charge is 0.124 e. The van der Waals surface area contributed by atoms with Crippen molar-refractivity contribution in [2.45, 2.75) is 45.3 Å². The molecule has 0 aliphatic rings. The Labute approximate surface area is 121 Å². The molecule has 4 nitrogen and oxygen atoms in total. The van der Waals surface area contributed by atoms with E-state index in [1.165, 1.54) is 0 Å². The number of hydrogen-bond donors (Lipinski definition) is 2. The third-order valence-electron chi connectivity index (χ3n) is 3.29. The van der Waals surface area contributed by atoms with Gasteiger partial charge in [-0.15, -0.1) is 0 Å². The molecule has 0 bridgehead atoms. The van der Waals surface area contributed by atoms with E-state index in [0.717, 1.165) is 37.1 Å². The van der Waals surface area contributed by atoms with E-state index < -0.39 is 5.54 Å². The molecule has 1 aromatic rings. The highest BCUT2D eigenvalue weighted by Crippen LogP contribution is 2.18. The number of unbranched alkanes of at least 4 members (excludes halogenated alkanes) is 1. The number of para-hydroxylation sites is 1. The lowest BCUT2D eigenvalue weighted by molar-refractivity contribution is 0.258. The van der Waals surface area contributed by atoms with E-state index in [1.54, 1.807) is 0 Å². The second-order valence-electron chi connectivity index (χ2n) is 5.05. The number of benzene rings is 1. The van der Waals surface area contributed by atoms with E-state index in [2.05, 4.69) is 11.4 Å². The van der Waals surface area contributed by atoms with Crippen LogP contribution < -0.4 is 10.1 Å². The normalized spacial score (nSPS) is 13.5. The van der Waals surface area contributed by atoms with Crippen LogP contribution in [0.5, 0.6) is 5.75 Å². The first-order valence-electron chi connectivity index (χ1n) is 7.13. The Morgan fingerprint density at radius 1 is 1.35 bits per heavy atom. The molecule has 0 saturated carbocycles. The van der Waals surface area contributed by atoms with Gasteiger partial charge < -0.3 is 9.84 Å². The highest BCUT2D eigenvalue weighted by Gasteiger charge is 2.21. The molecule has 1 aromatic carbocycles. The number of ether oxygens (including phenoxy) is 1. The van der Waals surface area contributed by atoms with E-state index in [1.807, 2.05) is 38.1 Å². The highest BCUT2D eigenvalue weighted by atomic mass is 16.5. The Kier molecular flexibility index (Phi) is 7.06. The average molecular weight is 276 g/mol. The van der Waals surface area contributed by atoms with Crippen molar-refractivity contribution in [1.82, 2.24) is 5.32 Å². The minimum atomic E-state index is -0.447. The fraction of sp³-hybridized carbons (Fsp3) is 0.562. The van der Waals surface area contributed by atoms with E-state index in [4.69, 9.17) is 10.00 Å². The van der Waals surface area contributed by atoms with Gasteiger partial charge in [0, 0.05) is 5.56 Å². The monoisotopic (exact) mass is 276 g/mol. The van der Waals surface area contributed by atoms with Gasteiger partial charge >= 0.3 is 0 Å². The summed E-state index contributed by atoms with van der Waals surface area (Å²) in [5, 5.41) is 21.5. The summed E-state index contributed by atoms with van der Waals surface area (Å²) >= 11 is 0. The predicted molar refractivity (Wildman–Crippen MR) is 79.4 cm³/mol. The van der Waals surface area contributed by atoms with Crippen LogP contribution in [0.2, 0.25) is 0 Å². The number of rotatable bonds is 9. The van der Waals surface area contributed by atoms with Crippen LogP contribution in [0.25, 0.3) is 0 Å². The molecule has 110 valence electrons. The van der Waals surface area contributed by atoms with Gasteiger partial charge in [-0.05, 0) is 38.8 Å². The van der Waals surface area contributed by atoms with Crippen molar-refractivity contribution in [3.8, 4) is 11.8 Å². The molecule has 0 fully saturated rings. The van der Waals surface area contributed by atoms with Crippen LogP contribution in [0.4, 0.5) is 0 Å². The first-order chi connectivity index (χ1) is 9.65. The first-order valence-corrected chi connectivity index (χ1v) is 7.13. The number of aliphatic hydroxyl groups is 1. The number of nitriles is 1. The maximum absolute atomic E-state index is 9.19. The molecule has 4 heteroatoms. The summed E-state index contributed by atoms with van der Waals surface area (Å²) in [4.78, 5) is 0. The van der Waals surface area contributed by atoms with E-state index in [-0.39, 0.29) is 6.61 Å². The average Bonchev–Trinajstić information content (AvgIpc) is 2.47. The number of aliphatic hydroxyl groups excluding tert-OH is 1. The fourth-order valence-corrected chi connectivity index (χ4v) is 2.11. The van der Waals surface area contributed by atoms with Crippen molar-refractivity contribution in [2.75, 3.05) is 13.2 Å². The van der Waals surface area contributed by atoms with Crippen molar-refractivity contribution >= 4 is 0 Å². The zero-order valence-corrected chi connectivity index (χ0v) is 12.4. The van der Waals surface area contributed by atoms with Crippen molar-refractivity contribution in [1.29, 1.82) is 5.26 Å². The predicted octanol–water partition coefficient (Wildman–Crippen LogP) is 2.62. The summed E-state index contributed by atoms with van der Waals surface area (Å²) in [5.74, 6) is 0.740. The maximum atomic E-state index is 9.19. The van der Waals surface area contributed by atoms with Crippen molar-refractivity contribution in [3.05, 3.63) is 29.8 Å². The lowest BCUT2D eigenvalue weighted by atomic mass is 9.97. The molecule has 1 atom stereocenters. The topological polar surface area (TPSA) is 65.3 Å². The summed E-state index contributed by atoms with van der Waals surface area (Å²) in [6.45, 7) is 5.32. The molecule has 0 aromatic heterocycles. The summed E-state index contributed by atoms with van der Waals surface area (Å²) in [7, 11) is 0. The largest absolute Gasteiger partial charge is 0.493 e. The Hall–Kier alpha value is -1.57. The molecular formula is C16H24N2O2. The zero-order chi connectivity index (χ0) is 14.8. The SMILES string of the molecule is CCNC(C)(C#N)CCCCOc1ccccc1CO. The van der Waals surface area contributed by atoms with Gasteiger partial charge in [0.1, 0.15) is 11.3 Å². The van der Waals surface area contributed by atoms with Gasteiger partial charge in [0.05, 0.1) is 19.3 Å². The van der Waals surface area contributed by atoms with Crippen molar-refractivity contribution < 1.29 is 9.84 Å². The lowest BCUT2D eigenvalue weighted by Gasteiger charge is -2.22. The molecule has 0 amide bonds. The molecule has 0 aliphatic heterocycles. The minimum Gasteiger partial charge on any atom is -0.493 e. The van der Waals surface area contributed by atoms with Gasteiger partial charge in [-0.3, -0.25) is 5.32 Å². The summed E-state index contributed by atoms with van der Waals surface area (Å²) in [6.07, 6.45) is 2.63. The van der Waals surface area contributed by atoms with Gasteiger partial charge in [-0.2, -0.15) is 5.26 Å². The number of hydrogen-bond acceptors (Lipinski definition) is 4. The first kappa shape index (κ1) is 16.5. The van der Waals surface area contributed by atoms with Crippen molar-refractivity contribution in [2.24, 2.45) is 0 Å². The molecular weight excluding hydrogens is 252 g/mol. The molecule has 0 spiro atoms. The third kappa shape index (κ3) is 5.20. The molecule has 1 rings (SSSR count).